The lowest BCUT2D eigenvalue weighted by Crippen LogP contribution is -2.25. The summed E-state index contributed by atoms with van der Waals surface area (Å²) in [5, 5.41) is 1.82. The molecule has 0 saturated carbocycles. The van der Waals surface area contributed by atoms with Gasteiger partial charge in [-0.05, 0) is 13.8 Å². The molecule has 16 heavy (non-hydrogen) atoms. The quantitative estimate of drug-likeness (QED) is 0.765. The van der Waals surface area contributed by atoms with Crippen LogP contribution in [0.15, 0.2) is 5.38 Å². The van der Waals surface area contributed by atoms with Crippen LogP contribution < -0.4 is 0 Å². The van der Waals surface area contributed by atoms with E-state index in [9.17, 15) is 9.18 Å². The molecule has 0 spiro atoms. The largest absolute Gasteiger partial charge is 0.345 e. The number of ketones is 1. The SMILES string of the molecule is CC(C)(F)C(=O)c1nc(C2OCCO2)cs1. The number of hydrogen-bond acceptors (Lipinski definition) is 5. The van der Waals surface area contributed by atoms with Crippen LogP contribution in [0.25, 0.3) is 0 Å². The van der Waals surface area contributed by atoms with E-state index in [1.165, 1.54) is 13.8 Å². The summed E-state index contributed by atoms with van der Waals surface area (Å²) < 4.78 is 23.9. The summed E-state index contributed by atoms with van der Waals surface area (Å²) in [4.78, 5) is 15.6. The van der Waals surface area contributed by atoms with Crippen LogP contribution in [0.4, 0.5) is 4.39 Å². The van der Waals surface area contributed by atoms with Crippen molar-refractivity contribution in [3.8, 4) is 0 Å². The molecule has 2 rings (SSSR count). The van der Waals surface area contributed by atoms with Crippen molar-refractivity contribution in [2.24, 2.45) is 0 Å². The Morgan fingerprint density at radius 1 is 1.56 bits per heavy atom. The van der Waals surface area contributed by atoms with Crippen molar-refractivity contribution in [2.45, 2.75) is 25.8 Å². The molecule has 2 heterocycles. The Bertz CT molecular complexity index is 393. The molecule has 0 unspecified atom stereocenters. The molecular weight excluding hydrogens is 233 g/mol. The van der Waals surface area contributed by atoms with Gasteiger partial charge >= 0.3 is 0 Å². The number of thiazole rings is 1. The van der Waals surface area contributed by atoms with Gasteiger partial charge in [0.2, 0.25) is 12.1 Å². The Balaban J connectivity index is 2.16. The lowest BCUT2D eigenvalue weighted by Gasteiger charge is -2.09. The number of halogens is 1. The lowest BCUT2D eigenvalue weighted by atomic mass is 10.1. The van der Waals surface area contributed by atoms with Crippen molar-refractivity contribution >= 4 is 17.1 Å². The number of carbonyl (C=O) groups excluding carboxylic acids is 1. The number of carbonyl (C=O) groups is 1. The number of aromatic nitrogens is 1. The molecule has 0 aromatic carbocycles. The summed E-state index contributed by atoms with van der Waals surface area (Å²) in [6, 6.07) is 0. The molecular formula is C10H12FNO3S. The molecule has 4 nitrogen and oxygen atoms in total. The zero-order chi connectivity index (χ0) is 11.8. The van der Waals surface area contributed by atoms with Crippen molar-refractivity contribution in [3.63, 3.8) is 0 Å². The van der Waals surface area contributed by atoms with Crippen molar-refractivity contribution in [1.82, 2.24) is 4.98 Å². The fourth-order valence-electron chi connectivity index (χ4n) is 1.28. The van der Waals surface area contributed by atoms with Crippen LogP contribution in [0.3, 0.4) is 0 Å². The second kappa shape index (κ2) is 4.20. The molecule has 0 aliphatic carbocycles. The van der Waals surface area contributed by atoms with Gasteiger partial charge in [-0.3, -0.25) is 4.79 Å². The monoisotopic (exact) mass is 245 g/mol. The average Bonchev–Trinajstić information content (AvgIpc) is 2.85. The maximum absolute atomic E-state index is 13.4. The van der Waals surface area contributed by atoms with Crippen LogP contribution in [0.1, 0.15) is 35.6 Å². The number of hydrogen-bond donors (Lipinski definition) is 0. The summed E-state index contributed by atoms with van der Waals surface area (Å²) in [6.07, 6.45) is -0.513. The van der Waals surface area contributed by atoms with E-state index in [0.717, 1.165) is 11.3 Å². The van der Waals surface area contributed by atoms with Gasteiger partial charge in [-0.15, -0.1) is 11.3 Å². The third-order valence-electron chi connectivity index (χ3n) is 2.12. The Morgan fingerprint density at radius 2 is 2.19 bits per heavy atom. The second-order valence-corrected chi connectivity index (χ2v) is 4.81. The van der Waals surface area contributed by atoms with E-state index in [1.54, 1.807) is 5.38 Å². The Kier molecular flexibility index (Phi) is 3.05. The highest BCUT2D eigenvalue weighted by Crippen LogP contribution is 2.27. The summed E-state index contributed by atoms with van der Waals surface area (Å²) >= 11 is 1.11. The minimum absolute atomic E-state index is 0.154. The molecule has 0 N–H and O–H groups in total. The van der Waals surface area contributed by atoms with Gasteiger partial charge in [-0.2, -0.15) is 0 Å². The summed E-state index contributed by atoms with van der Waals surface area (Å²) in [7, 11) is 0. The Labute approximate surface area is 96.4 Å². The Morgan fingerprint density at radius 3 is 2.75 bits per heavy atom. The van der Waals surface area contributed by atoms with Crippen LogP contribution in [0.5, 0.6) is 0 Å². The van der Waals surface area contributed by atoms with E-state index >= 15 is 0 Å². The zero-order valence-corrected chi connectivity index (χ0v) is 9.84. The summed E-state index contributed by atoms with van der Waals surface area (Å²) in [6.45, 7) is 3.47. The van der Waals surface area contributed by atoms with Gasteiger partial charge in [0.05, 0.1) is 13.2 Å². The maximum atomic E-state index is 13.4. The van der Waals surface area contributed by atoms with Gasteiger partial charge in [-0.25, -0.2) is 9.37 Å². The molecule has 88 valence electrons. The van der Waals surface area contributed by atoms with Gasteiger partial charge in [0, 0.05) is 5.38 Å². The normalized spacial score (nSPS) is 17.9. The van der Waals surface area contributed by atoms with Crippen LogP contribution in [0.2, 0.25) is 0 Å². The minimum atomic E-state index is -1.90. The first-order chi connectivity index (χ1) is 7.48. The smallest absolute Gasteiger partial charge is 0.227 e. The van der Waals surface area contributed by atoms with E-state index in [1.807, 2.05) is 0 Å². The molecule has 1 saturated heterocycles. The molecule has 6 heteroatoms. The topological polar surface area (TPSA) is 48.4 Å². The van der Waals surface area contributed by atoms with E-state index in [-0.39, 0.29) is 5.01 Å². The van der Waals surface area contributed by atoms with Crippen LogP contribution in [-0.4, -0.2) is 29.6 Å². The lowest BCUT2D eigenvalue weighted by molar-refractivity contribution is -0.0469. The maximum Gasteiger partial charge on any atom is 0.227 e. The average molecular weight is 245 g/mol. The van der Waals surface area contributed by atoms with Crippen molar-refractivity contribution in [3.05, 3.63) is 16.1 Å². The van der Waals surface area contributed by atoms with Crippen molar-refractivity contribution < 1.29 is 18.7 Å². The van der Waals surface area contributed by atoms with Crippen molar-refractivity contribution in [1.29, 1.82) is 0 Å². The van der Waals surface area contributed by atoms with Crippen LogP contribution in [0, 0.1) is 0 Å². The summed E-state index contributed by atoms with van der Waals surface area (Å²) in [5.74, 6) is -0.609. The Hall–Kier alpha value is -0.850. The van der Waals surface area contributed by atoms with E-state index in [0.29, 0.717) is 18.9 Å². The fraction of sp³-hybridized carbons (Fsp3) is 0.600. The highest BCUT2D eigenvalue weighted by atomic mass is 32.1. The predicted octanol–water partition coefficient (Wildman–Crippen LogP) is 2.12. The number of alkyl halides is 1. The number of ether oxygens (including phenoxy) is 2. The zero-order valence-electron chi connectivity index (χ0n) is 9.03. The number of rotatable bonds is 3. The molecule has 0 bridgehead atoms. The van der Waals surface area contributed by atoms with Gasteiger partial charge in [0.25, 0.3) is 0 Å². The first-order valence-electron chi connectivity index (χ1n) is 4.91. The third-order valence-corrected chi connectivity index (χ3v) is 2.98. The van der Waals surface area contributed by atoms with Gasteiger partial charge in [0.1, 0.15) is 5.69 Å². The highest BCUT2D eigenvalue weighted by molar-refractivity contribution is 7.11. The van der Waals surface area contributed by atoms with E-state index in [2.05, 4.69) is 4.98 Å². The predicted molar refractivity (Wildman–Crippen MR) is 56.3 cm³/mol. The van der Waals surface area contributed by atoms with Crippen LogP contribution >= 0.6 is 11.3 Å². The summed E-state index contributed by atoms with van der Waals surface area (Å²) in [5.41, 5.74) is -1.36. The van der Waals surface area contributed by atoms with Gasteiger partial charge < -0.3 is 9.47 Å². The second-order valence-electron chi connectivity index (χ2n) is 3.95. The molecule has 0 amide bonds. The highest BCUT2D eigenvalue weighted by Gasteiger charge is 2.31. The molecule has 1 aliphatic rings. The van der Waals surface area contributed by atoms with Gasteiger partial charge in [-0.1, -0.05) is 0 Å². The minimum Gasteiger partial charge on any atom is -0.345 e. The number of Topliss-reactive ketones (excluding diaryl/α,β-unsaturated/α-hetero) is 1. The molecule has 1 aromatic rings. The molecule has 0 radical (unpaired) electrons. The first kappa shape index (κ1) is 11.6. The van der Waals surface area contributed by atoms with Gasteiger partial charge in [0.15, 0.2) is 10.7 Å². The van der Waals surface area contributed by atoms with Crippen molar-refractivity contribution in [2.75, 3.05) is 13.2 Å². The molecule has 1 aliphatic heterocycles. The van der Waals surface area contributed by atoms with E-state index < -0.39 is 17.7 Å². The molecule has 0 atom stereocenters. The molecule has 1 fully saturated rings. The van der Waals surface area contributed by atoms with E-state index in [4.69, 9.17) is 9.47 Å². The first-order valence-corrected chi connectivity index (χ1v) is 5.79. The fourth-order valence-corrected chi connectivity index (χ4v) is 2.19. The molecule has 1 aromatic heterocycles. The van der Waals surface area contributed by atoms with Crippen LogP contribution in [-0.2, 0) is 9.47 Å². The standard InChI is InChI=1S/C10H12FNO3S/c1-10(2,11)7(13)8-12-6(5-16-8)9-14-3-4-15-9/h5,9H,3-4H2,1-2H3. The number of nitrogens with zero attached hydrogens (tertiary/aromatic N) is 1. The third kappa shape index (κ3) is 2.28.